The highest BCUT2D eigenvalue weighted by molar-refractivity contribution is 7.89. The summed E-state index contributed by atoms with van der Waals surface area (Å²) >= 11 is 1.40. The largest absolute Gasteiger partial charge is 0.378 e. The van der Waals surface area contributed by atoms with Crippen LogP contribution in [0.2, 0.25) is 0 Å². The van der Waals surface area contributed by atoms with Gasteiger partial charge in [0.15, 0.2) is 15.8 Å². The molecule has 0 aliphatic carbocycles. The van der Waals surface area contributed by atoms with Crippen LogP contribution in [0, 0.1) is 5.92 Å². The first kappa shape index (κ1) is 14.8. The lowest BCUT2D eigenvalue weighted by atomic mass is 10.0. The summed E-state index contributed by atoms with van der Waals surface area (Å²) in [7, 11) is -1.96. The van der Waals surface area contributed by atoms with Crippen LogP contribution in [0.3, 0.4) is 0 Å². The lowest BCUT2D eigenvalue weighted by molar-refractivity contribution is 0.107. The molecule has 2 aromatic heterocycles. The molecule has 2 atom stereocenters. The number of ether oxygens (including phenoxy) is 1. The van der Waals surface area contributed by atoms with Crippen LogP contribution in [0.25, 0.3) is 4.96 Å². The summed E-state index contributed by atoms with van der Waals surface area (Å²) in [6.45, 7) is 3.04. The molecule has 3 rings (SSSR count). The molecule has 3 heterocycles. The maximum absolute atomic E-state index is 12.6. The Bertz CT molecular complexity index is 737. The zero-order chi connectivity index (χ0) is 15.0. The van der Waals surface area contributed by atoms with Gasteiger partial charge in [0.2, 0.25) is 0 Å². The fourth-order valence-electron chi connectivity index (χ4n) is 2.51. The Balaban J connectivity index is 1.87. The predicted octanol–water partition coefficient (Wildman–Crippen LogP) is 1.14. The molecule has 1 aliphatic rings. The van der Waals surface area contributed by atoms with Gasteiger partial charge in [0.25, 0.3) is 10.0 Å². The number of hydrogen-bond donors (Lipinski definition) is 2. The molecule has 1 saturated heterocycles. The van der Waals surface area contributed by atoms with Crippen LogP contribution >= 0.6 is 11.3 Å². The maximum Gasteiger partial charge on any atom is 0.260 e. The van der Waals surface area contributed by atoms with E-state index in [1.165, 1.54) is 11.3 Å². The van der Waals surface area contributed by atoms with Crippen molar-refractivity contribution in [3.8, 4) is 0 Å². The number of imidazole rings is 1. The van der Waals surface area contributed by atoms with Gasteiger partial charge in [0.1, 0.15) is 0 Å². The molecule has 2 N–H and O–H groups in total. The van der Waals surface area contributed by atoms with E-state index in [1.807, 2.05) is 12.3 Å². The molecule has 2 unspecified atom stereocenters. The first-order chi connectivity index (χ1) is 10.0. The molecule has 0 amide bonds. The highest BCUT2D eigenvalue weighted by Crippen LogP contribution is 2.26. The van der Waals surface area contributed by atoms with Crippen molar-refractivity contribution in [3.63, 3.8) is 0 Å². The summed E-state index contributed by atoms with van der Waals surface area (Å²) in [4.78, 5) is 4.93. The molecule has 2 aromatic rings. The summed E-state index contributed by atoms with van der Waals surface area (Å²) in [6, 6.07) is 0. The van der Waals surface area contributed by atoms with E-state index in [9.17, 15) is 8.42 Å². The normalized spacial score (nSPS) is 23.0. The summed E-state index contributed by atoms with van der Waals surface area (Å²) in [5.74, 6) is 0.578. The second kappa shape index (κ2) is 5.56. The van der Waals surface area contributed by atoms with E-state index >= 15 is 0 Å². The van der Waals surface area contributed by atoms with Crippen molar-refractivity contribution < 1.29 is 13.2 Å². The van der Waals surface area contributed by atoms with Crippen LogP contribution in [0.5, 0.6) is 0 Å². The second-order valence-corrected chi connectivity index (χ2v) is 7.60. The number of sulfonamides is 1. The van der Waals surface area contributed by atoms with Crippen molar-refractivity contribution in [1.29, 1.82) is 0 Å². The van der Waals surface area contributed by atoms with Crippen molar-refractivity contribution in [2.24, 2.45) is 5.92 Å². The number of nitrogens with one attached hydrogen (secondary N) is 2. The van der Waals surface area contributed by atoms with Gasteiger partial charge in [-0.05, 0) is 13.3 Å². The molecule has 0 spiro atoms. The van der Waals surface area contributed by atoms with Crippen molar-refractivity contribution in [3.05, 3.63) is 11.6 Å². The molecule has 0 bridgehead atoms. The SMILES string of the molecule is CNc1nc2sccn2c1S(=O)(=O)NCC1CCOC1C. The van der Waals surface area contributed by atoms with E-state index in [0.717, 1.165) is 6.42 Å². The minimum atomic E-state index is -3.63. The molecule has 0 aromatic carbocycles. The van der Waals surface area contributed by atoms with Gasteiger partial charge >= 0.3 is 0 Å². The van der Waals surface area contributed by atoms with E-state index in [4.69, 9.17) is 4.74 Å². The first-order valence-corrected chi connectivity index (χ1v) is 9.14. The van der Waals surface area contributed by atoms with Gasteiger partial charge in [-0.1, -0.05) is 0 Å². The number of anilines is 1. The molecule has 9 heteroatoms. The third-order valence-electron chi connectivity index (χ3n) is 3.78. The number of nitrogens with zero attached hydrogens (tertiary/aromatic N) is 2. The second-order valence-electron chi connectivity index (χ2n) is 5.05. The van der Waals surface area contributed by atoms with Gasteiger partial charge in [-0.3, -0.25) is 4.40 Å². The maximum atomic E-state index is 12.6. The average Bonchev–Trinajstić information content (AvgIpc) is 3.10. The highest BCUT2D eigenvalue weighted by Gasteiger charge is 2.29. The first-order valence-electron chi connectivity index (χ1n) is 6.77. The molecule has 1 fully saturated rings. The molecule has 7 nitrogen and oxygen atoms in total. The van der Waals surface area contributed by atoms with Gasteiger partial charge in [0, 0.05) is 37.7 Å². The van der Waals surface area contributed by atoms with Crippen molar-refractivity contribution in [1.82, 2.24) is 14.1 Å². The average molecular weight is 330 g/mol. The van der Waals surface area contributed by atoms with Gasteiger partial charge in [-0.15, -0.1) is 11.3 Å². The molecule has 0 saturated carbocycles. The molecule has 1 aliphatic heterocycles. The van der Waals surface area contributed by atoms with Crippen LogP contribution in [-0.4, -0.2) is 44.1 Å². The zero-order valence-electron chi connectivity index (χ0n) is 11.9. The minimum Gasteiger partial charge on any atom is -0.378 e. The fraction of sp³-hybridized carbons (Fsp3) is 0.583. The van der Waals surface area contributed by atoms with Gasteiger partial charge in [0.05, 0.1) is 6.10 Å². The lowest BCUT2D eigenvalue weighted by Gasteiger charge is -2.15. The Morgan fingerprint density at radius 1 is 1.57 bits per heavy atom. The minimum absolute atomic E-state index is 0.0862. The van der Waals surface area contributed by atoms with Crippen LogP contribution in [-0.2, 0) is 14.8 Å². The van der Waals surface area contributed by atoms with Crippen LogP contribution in [0.15, 0.2) is 16.6 Å². The summed E-state index contributed by atoms with van der Waals surface area (Å²) in [5, 5.41) is 4.82. The smallest absolute Gasteiger partial charge is 0.260 e. The number of aromatic nitrogens is 2. The van der Waals surface area contributed by atoms with Crippen molar-refractivity contribution >= 4 is 32.1 Å². The quantitative estimate of drug-likeness (QED) is 0.859. The van der Waals surface area contributed by atoms with E-state index in [-0.39, 0.29) is 17.0 Å². The Morgan fingerprint density at radius 2 is 2.38 bits per heavy atom. The number of thiazole rings is 1. The molecular formula is C12H18N4O3S2. The third-order valence-corrected chi connectivity index (χ3v) is 5.98. The number of hydrogen-bond acceptors (Lipinski definition) is 6. The summed E-state index contributed by atoms with van der Waals surface area (Å²) in [6.07, 6.45) is 2.68. The Kier molecular flexibility index (Phi) is 3.91. The molecular weight excluding hydrogens is 312 g/mol. The van der Waals surface area contributed by atoms with E-state index in [0.29, 0.717) is 23.9 Å². The third kappa shape index (κ3) is 2.66. The van der Waals surface area contributed by atoms with Crippen molar-refractivity contribution in [2.75, 3.05) is 25.5 Å². The van der Waals surface area contributed by atoms with E-state index < -0.39 is 10.0 Å². The zero-order valence-corrected chi connectivity index (χ0v) is 13.5. The van der Waals surface area contributed by atoms with Crippen LogP contribution < -0.4 is 10.0 Å². The van der Waals surface area contributed by atoms with Gasteiger partial charge in [-0.25, -0.2) is 18.1 Å². The lowest BCUT2D eigenvalue weighted by Crippen LogP contribution is -2.32. The Labute approximate surface area is 127 Å². The van der Waals surface area contributed by atoms with Crippen LogP contribution in [0.4, 0.5) is 5.82 Å². The topological polar surface area (TPSA) is 84.7 Å². The van der Waals surface area contributed by atoms with Gasteiger partial charge < -0.3 is 10.1 Å². The fourth-order valence-corrected chi connectivity index (χ4v) is 4.66. The molecule has 21 heavy (non-hydrogen) atoms. The summed E-state index contributed by atoms with van der Waals surface area (Å²) < 4.78 is 34.9. The number of rotatable bonds is 5. The Morgan fingerprint density at radius 3 is 3.05 bits per heavy atom. The standard InChI is InChI=1S/C12H18N4O3S2/c1-8-9(3-5-19-8)7-14-21(17,18)11-10(13-2)15-12-16(11)4-6-20-12/h4,6,8-9,13-14H,3,5,7H2,1-2H3. The molecule has 0 radical (unpaired) electrons. The predicted molar refractivity (Wildman–Crippen MR) is 81.3 cm³/mol. The van der Waals surface area contributed by atoms with E-state index in [1.54, 1.807) is 17.6 Å². The van der Waals surface area contributed by atoms with E-state index in [2.05, 4.69) is 15.0 Å². The number of fused-ring (bicyclic) bond motifs is 1. The van der Waals surface area contributed by atoms with Gasteiger partial charge in [-0.2, -0.15) is 0 Å². The Hall–Kier alpha value is -1.16. The monoisotopic (exact) mass is 330 g/mol. The highest BCUT2D eigenvalue weighted by atomic mass is 32.2. The van der Waals surface area contributed by atoms with Crippen molar-refractivity contribution in [2.45, 2.75) is 24.5 Å². The summed E-state index contributed by atoms with van der Waals surface area (Å²) in [5.41, 5.74) is 0. The molecule has 116 valence electrons. The van der Waals surface area contributed by atoms with Crippen LogP contribution in [0.1, 0.15) is 13.3 Å².